The highest BCUT2D eigenvalue weighted by Crippen LogP contribution is 2.40. The topological polar surface area (TPSA) is 109 Å². The number of rotatable bonds is 7. The van der Waals surface area contributed by atoms with Gasteiger partial charge >= 0.3 is 5.97 Å². The maximum absolute atomic E-state index is 12.0. The number of hydrogen-bond donors (Lipinski definition) is 1. The number of hydrogen-bond acceptors (Lipinski definition) is 8. The van der Waals surface area contributed by atoms with Crippen molar-refractivity contribution >= 4 is 17.6 Å². The van der Waals surface area contributed by atoms with Gasteiger partial charge in [-0.1, -0.05) is 24.3 Å². The monoisotopic (exact) mass is 549 g/mol. The highest BCUT2D eigenvalue weighted by atomic mass is 16.5. The van der Waals surface area contributed by atoms with Crippen LogP contribution in [0.15, 0.2) is 61.1 Å². The minimum atomic E-state index is -0.435. The number of aromatic nitrogens is 6. The van der Waals surface area contributed by atoms with E-state index in [0.717, 1.165) is 57.7 Å². The molecule has 1 N–H and O–H groups in total. The predicted molar refractivity (Wildman–Crippen MR) is 156 cm³/mol. The number of carbonyl (C=O) groups is 1. The van der Waals surface area contributed by atoms with Crippen molar-refractivity contribution in [3.8, 4) is 39.4 Å². The molecular formula is C31H31N7O3. The molecule has 0 saturated carbocycles. The Labute approximate surface area is 238 Å². The number of anilines is 2. The summed E-state index contributed by atoms with van der Waals surface area (Å²) in [5.74, 6) is 0.471. The van der Waals surface area contributed by atoms with Crippen LogP contribution in [0.4, 0.5) is 11.6 Å². The van der Waals surface area contributed by atoms with Gasteiger partial charge in [0, 0.05) is 42.2 Å². The lowest BCUT2D eigenvalue weighted by molar-refractivity contribution is 0.0600. The molecule has 1 aliphatic rings. The van der Waals surface area contributed by atoms with Crippen molar-refractivity contribution in [2.75, 3.05) is 19.5 Å². The van der Waals surface area contributed by atoms with Crippen molar-refractivity contribution in [3.05, 3.63) is 77.9 Å². The van der Waals surface area contributed by atoms with Crippen molar-refractivity contribution in [2.45, 2.75) is 32.7 Å². The van der Waals surface area contributed by atoms with Gasteiger partial charge < -0.3 is 14.8 Å². The Morgan fingerprint density at radius 2 is 1.78 bits per heavy atom. The van der Waals surface area contributed by atoms with Gasteiger partial charge in [-0.3, -0.25) is 9.36 Å². The van der Waals surface area contributed by atoms with Gasteiger partial charge in [0.05, 0.1) is 48.7 Å². The maximum atomic E-state index is 12.0. The van der Waals surface area contributed by atoms with Gasteiger partial charge in [0.15, 0.2) is 0 Å². The zero-order chi connectivity index (χ0) is 28.7. The minimum Gasteiger partial charge on any atom is -0.495 e. The Kier molecular flexibility index (Phi) is 6.74. The molecule has 2 aromatic carbocycles. The number of nitrogens with zero attached hydrogens (tertiary/aromatic N) is 6. The zero-order valence-electron chi connectivity index (χ0n) is 23.7. The highest BCUT2D eigenvalue weighted by Gasteiger charge is 2.27. The van der Waals surface area contributed by atoms with Crippen molar-refractivity contribution in [3.63, 3.8) is 0 Å². The van der Waals surface area contributed by atoms with Crippen LogP contribution in [0.5, 0.6) is 5.75 Å². The molecule has 10 nitrogen and oxygen atoms in total. The summed E-state index contributed by atoms with van der Waals surface area (Å²) in [5, 5.41) is 12.6. The molecule has 3 heterocycles. The van der Waals surface area contributed by atoms with Crippen LogP contribution in [0.25, 0.3) is 33.6 Å². The molecule has 208 valence electrons. The summed E-state index contributed by atoms with van der Waals surface area (Å²) < 4.78 is 14.2. The molecule has 6 rings (SSSR count). The molecule has 5 aromatic rings. The summed E-state index contributed by atoms with van der Waals surface area (Å²) in [7, 11) is 4.87. The van der Waals surface area contributed by atoms with Crippen LogP contribution in [-0.2, 0) is 24.6 Å². The van der Waals surface area contributed by atoms with E-state index < -0.39 is 5.97 Å². The van der Waals surface area contributed by atoms with Crippen LogP contribution in [0.3, 0.4) is 0 Å². The molecule has 0 saturated heterocycles. The second-order valence-electron chi connectivity index (χ2n) is 10.3. The lowest BCUT2D eigenvalue weighted by Gasteiger charge is -2.18. The third-order valence-corrected chi connectivity index (χ3v) is 7.34. The summed E-state index contributed by atoms with van der Waals surface area (Å²) in [6.07, 6.45) is 7.48. The van der Waals surface area contributed by atoms with E-state index in [0.29, 0.717) is 29.0 Å². The van der Waals surface area contributed by atoms with Gasteiger partial charge in [-0.15, -0.1) is 0 Å². The van der Waals surface area contributed by atoms with Crippen LogP contribution < -0.4 is 10.1 Å². The second-order valence-corrected chi connectivity index (χ2v) is 10.3. The average molecular weight is 550 g/mol. The van der Waals surface area contributed by atoms with Crippen molar-refractivity contribution in [1.29, 1.82) is 0 Å². The third kappa shape index (κ3) is 4.82. The molecule has 0 spiro atoms. The Bertz CT molecular complexity index is 1750. The van der Waals surface area contributed by atoms with E-state index in [2.05, 4.69) is 59.7 Å². The molecular weight excluding hydrogens is 518 g/mol. The first-order valence-corrected chi connectivity index (χ1v) is 13.5. The van der Waals surface area contributed by atoms with E-state index >= 15 is 0 Å². The summed E-state index contributed by atoms with van der Waals surface area (Å²) in [6, 6.07) is 13.9. The summed E-state index contributed by atoms with van der Waals surface area (Å²) in [5.41, 5.74) is 9.26. The van der Waals surface area contributed by atoms with E-state index in [1.807, 2.05) is 28.8 Å². The summed E-state index contributed by atoms with van der Waals surface area (Å²) in [6.45, 7) is 4.23. The van der Waals surface area contributed by atoms with Crippen molar-refractivity contribution in [2.24, 2.45) is 7.05 Å². The molecule has 0 amide bonds. The van der Waals surface area contributed by atoms with E-state index in [4.69, 9.17) is 19.6 Å². The number of nitrogens with one attached hydrogen (secondary N) is 1. The lowest BCUT2D eigenvalue weighted by atomic mass is 9.91. The van der Waals surface area contributed by atoms with Crippen LogP contribution in [0.2, 0.25) is 0 Å². The van der Waals surface area contributed by atoms with E-state index in [-0.39, 0.29) is 0 Å². The molecule has 0 bridgehead atoms. The van der Waals surface area contributed by atoms with Gasteiger partial charge in [0.1, 0.15) is 5.75 Å². The first-order chi connectivity index (χ1) is 19.9. The van der Waals surface area contributed by atoms with E-state index in [1.165, 1.54) is 7.11 Å². The molecule has 0 atom stereocenters. The zero-order valence-corrected chi connectivity index (χ0v) is 23.7. The molecule has 41 heavy (non-hydrogen) atoms. The smallest absolute Gasteiger partial charge is 0.337 e. The van der Waals surface area contributed by atoms with Gasteiger partial charge in [0.2, 0.25) is 5.95 Å². The minimum absolute atomic E-state index is 0.311. The fraction of sp³-hybridized carbons (Fsp3) is 0.258. The third-order valence-electron chi connectivity index (χ3n) is 7.34. The highest BCUT2D eigenvalue weighted by molar-refractivity contribution is 5.91. The molecule has 0 radical (unpaired) electrons. The largest absolute Gasteiger partial charge is 0.495 e. The number of fused-ring (bicyclic) bond motifs is 3. The number of aryl methyl sites for hydroxylation is 3. The van der Waals surface area contributed by atoms with Gasteiger partial charge in [-0.2, -0.15) is 10.2 Å². The number of benzene rings is 2. The first kappa shape index (κ1) is 26.2. The fourth-order valence-electron chi connectivity index (χ4n) is 5.20. The standard InChI is InChI=1S/C31H31N7O3/c1-18(2)38-17-23(16-33-38)19-6-8-20(9-7-19)29-27-25(36-37(29)3)13-11-22-15-32-31(35-28(22)27)34-24-12-10-21(30(39)41-5)14-26(24)40-4/h6-10,12,14-18H,11,13H2,1-5H3,(H,32,34,35). The van der Waals surface area contributed by atoms with Crippen LogP contribution >= 0.6 is 0 Å². The van der Waals surface area contributed by atoms with Gasteiger partial charge in [-0.25, -0.2) is 14.8 Å². The van der Waals surface area contributed by atoms with Gasteiger partial charge in [-0.05, 0) is 56.0 Å². The number of carbonyl (C=O) groups excluding carboxylic acids is 1. The lowest BCUT2D eigenvalue weighted by Crippen LogP contribution is -2.09. The first-order valence-electron chi connectivity index (χ1n) is 13.5. The van der Waals surface area contributed by atoms with Crippen molar-refractivity contribution < 1.29 is 14.3 Å². The quantitative estimate of drug-likeness (QED) is 0.260. The molecule has 0 unspecified atom stereocenters. The molecule has 0 aliphatic heterocycles. The average Bonchev–Trinajstić information content (AvgIpc) is 3.62. The van der Waals surface area contributed by atoms with E-state index in [1.54, 1.807) is 25.3 Å². The second kappa shape index (κ2) is 10.5. The summed E-state index contributed by atoms with van der Waals surface area (Å²) in [4.78, 5) is 21.5. The Balaban J connectivity index is 1.35. The molecule has 1 aliphatic carbocycles. The summed E-state index contributed by atoms with van der Waals surface area (Å²) >= 11 is 0. The number of ether oxygens (including phenoxy) is 2. The molecule has 0 fully saturated rings. The van der Waals surface area contributed by atoms with Crippen LogP contribution in [0, 0.1) is 0 Å². The van der Waals surface area contributed by atoms with Gasteiger partial charge in [0.25, 0.3) is 0 Å². The maximum Gasteiger partial charge on any atom is 0.337 e. The Hall–Kier alpha value is -4.99. The van der Waals surface area contributed by atoms with E-state index in [9.17, 15) is 4.79 Å². The number of methoxy groups -OCH3 is 2. The SMILES string of the molecule is COC(=O)c1ccc(Nc2ncc3c(n2)-c2c(nn(C)c2-c2ccc(-c4cnn(C(C)C)c4)cc2)CC3)c(OC)c1. The van der Waals surface area contributed by atoms with Crippen molar-refractivity contribution in [1.82, 2.24) is 29.5 Å². The number of esters is 1. The molecule has 10 heteroatoms. The Morgan fingerprint density at radius 1 is 1.00 bits per heavy atom. The fourth-order valence-corrected chi connectivity index (χ4v) is 5.20. The molecule has 3 aromatic heterocycles. The Morgan fingerprint density at radius 3 is 2.49 bits per heavy atom. The van der Waals surface area contributed by atoms with Crippen LogP contribution in [-0.4, -0.2) is 49.7 Å². The normalized spacial score (nSPS) is 12.1. The predicted octanol–water partition coefficient (Wildman–Crippen LogP) is 5.63. The van der Waals surface area contributed by atoms with Crippen LogP contribution in [0.1, 0.15) is 41.5 Å².